The third-order valence-electron chi connectivity index (χ3n) is 13.5. The van der Waals surface area contributed by atoms with Gasteiger partial charge >= 0.3 is 17.9 Å². The maximum absolute atomic E-state index is 12.8. The Balaban J connectivity index is 4.13. The van der Waals surface area contributed by atoms with E-state index in [4.69, 9.17) is 14.2 Å². The predicted octanol–water partition coefficient (Wildman–Crippen LogP) is 20.9. The van der Waals surface area contributed by atoms with E-state index in [2.05, 4.69) is 93.7 Å². The normalized spacial score (nSPS) is 12.5. The van der Waals surface area contributed by atoms with Crippen LogP contribution in [0.15, 0.2) is 72.9 Å². The van der Waals surface area contributed by atoms with Crippen LogP contribution in [-0.2, 0) is 28.6 Å². The molecule has 0 aromatic heterocycles. The van der Waals surface area contributed by atoms with Crippen LogP contribution in [-0.4, -0.2) is 37.2 Å². The van der Waals surface area contributed by atoms with Gasteiger partial charge in [-0.1, -0.05) is 293 Å². The Morgan fingerprint density at radius 2 is 0.542 bits per heavy atom. The molecule has 416 valence electrons. The summed E-state index contributed by atoms with van der Waals surface area (Å²) in [7, 11) is 0. The molecular formula is C66H116O6. The van der Waals surface area contributed by atoms with E-state index in [1.54, 1.807) is 0 Å². The summed E-state index contributed by atoms with van der Waals surface area (Å²) in [4.78, 5) is 38.0. The molecule has 0 aromatic rings. The van der Waals surface area contributed by atoms with Crippen LogP contribution in [0.2, 0.25) is 0 Å². The molecule has 0 bridgehead atoms. The van der Waals surface area contributed by atoms with Crippen molar-refractivity contribution in [1.29, 1.82) is 0 Å². The Hall–Kier alpha value is -3.15. The lowest BCUT2D eigenvalue weighted by atomic mass is 10.0. The minimum atomic E-state index is -0.785. The van der Waals surface area contributed by atoms with Crippen molar-refractivity contribution in [2.24, 2.45) is 0 Å². The fraction of sp³-hybridized carbons (Fsp3) is 0.773. The summed E-state index contributed by atoms with van der Waals surface area (Å²) >= 11 is 0. The topological polar surface area (TPSA) is 78.9 Å². The third kappa shape index (κ3) is 57.7. The van der Waals surface area contributed by atoms with E-state index >= 15 is 0 Å². The van der Waals surface area contributed by atoms with Gasteiger partial charge in [-0.25, -0.2) is 0 Å². The lowest BCUT2D eigenvalue weighted by Gasteiger charge is -2.18. The molecule has 0 radical (unpaired) electrons. The van der Waals surface area contributed by atoms with Crippen LogP contribution in [0.4, 0.5) is 0 Å². The summed E-state index contributed by atoms with van der Waals surface area (Å²) in [6.45, 7) is 6.48. The predicted molar refractivity (Wildman–Crippen MR) is 311 cm³/mol. The van der Waals surface area contributed by atoms with Crippen LogP contribution in [0.25, 0.3) is 0 Å². The summed E-state index contributed by atoms with van der Waals surface area (Å²) in [5.74, 6) is -0.907. The van der Waals surface area contributed by atoms with Crippen molar-refractivity contribution in [2.75, 3.05) is 13.2 Å². The van der Waals surface area contributed by atoms with Gasteiger partial charge < -0.3 is 14.2 Å². The monoisotopic (exact) mass is 1000 g/mol. The molecule has 0 aliphatic rings. The minimum absolute atomic E-state index is 0.0831. The summed E-state index contributed by atoms with van der Waals surface area (Å²) in [6.07, 6.45) is 78.0. The largest absolute Gasteiger partial charge is 0.462 e. The summed E-state index contributed by atoms with van der Waals surface area (Å²) in [5.41, 5.74) is 0. The zero-order valence-corrected chi connectivity index (χ0v) is 47.7. The summed E-state index contributed by atoms with van der Waals surface area (Å²) in [5, 5.41) is 0. The zero-order chi connectivity index (χ0) is 52.2. The van der Waals surface area contributed by atoms with Crippen LogP contribution in [0.3, 0.4) is 0 Å². The van der Waals surface area contributed by atoms with Crippen molar-refractivity contribution in [1.82, 2.24) is 0 Å². The van der Waals surface area contributed by atoms with Gasteiger partial charge in [0.05, 0.1) is 0 Å². The highest BCUT2D eigenvalue weighted by Crippen LogP contribution is 2.17. The highest BCUT2D eigenvalue weighted by molar-refractivity contribution is 5.71. The van der Waals surface area contributed by atoms with Crippen molar-refractivity contribution in [3.8, 4) is 0 Å². The van der Waals surface area contributed by atoms with E-state index in [0.29, 0.717) is 19.3 Å². The Bertz CT molecular complexity index is 1340. The lowest BCUT2D eigenvalue weighted by molar-refractivity contribution is -0.167. The average Bonchev–Trinajstić information content (AvgIpc) is 3.38. The Kier molecular flexibility index (Phi) is 57.8. The van der Waals surface area contributed by atoms with Gasteiger partial charge in [0.2, 0.25) is 0 Å². The molecule has 0 heterocycles. The molecule has 72 heavy (non-hydrogen) atoms. The van der Waals surface area contributed by atoms with E-state index in [-0.39, 0.29) is 31.1 Å². The molecule has 6 nitrogen and oxygen atoms in total. The first-order valence-corrected chi connectivity index (χ1v) is 30.9. The van der Waals surface area contributed by atoms with Gasteiger partial charge in [-0.05, 0) is 70.6 Å². The molecule has 1 unspecified atom stereocenters. The second-order valence-corrected chi connectivity index (χ2v) is 20.6. The highest BCUT2D eigenvalue weighted by Gasteiger charge is 2.19. The number of allylic oxidation sites excluding steroid dienone is 12. The minimum Gasteiger partial charge on any atom is -0.462 e. The van der Waals surface area contributed by atoms with E-state index in [1.165, 1.54) is 161 Å². The Labute approximate surface area is 446 Å². The van der Waals surface area contributed by atoms with E-state index in [0.717, 1.165) is 109 Å². The highest BCUT2D eigenvalue weighted by atomic mass is 16.6. The summed E-state index contributed by atoms with van der Waals surface area (Å²) < 4.78 is 16.8. The van der Waals surface area contributed by atoms with Crippen LogP contribution >= 0.6 is 0 Å². The van der Waals surface area contributed by atoms with Crippen molar-refractivity contribution in [3.05, 3.63) is 72.9 Å². The number of hydrogen-bond acceptors (Lipinski definition) is 6. The van der Waals surface area contributed by atoms with Crippen LogP contribution in [0.1, 0.15) is 310 Å². The standard InChI is InChI=1S/C66H116O6/c1-4-7-10-13-16-18-20-22-24-26-28-30-32-33-35-36-38-40-42-44-46-48-50-53-56-59-65(68)71-62-63(61-70-64(67)58-55-52-15-12-9-6-3)72-66(69)60-57-54-51-49-47-45-43-41-39-37-34-31-29-27-25-23-21-19-17-14-11-8-5-2/h8,11,17,19,23,25,29,31,37,39,43,45,63H,4-7,9-10,12-16,18,20-22,24,26-28,30,32-36,38,40-42,44,46-62H2,1-3H3/b11-8-,19-17-,25-23-,31-29-,39-37-,45-43-. The first kappa shape index (κ1) is 68.8. The molecule has 1 atom stereocenters. The van der Waals surface area contributed by atoms with Gasteiger partial charge in [0, 0.05) is 19.3 Å². The molecule has 0 fully saturated rings. The Morgan fingerprint density at radius 1 is 0.292 bits per heavy atom. The molecule has 6 heteroatoms. The number of carbonyl (C=O) groups is 3. The number of carbonyl (C=O) groups excluding carboxylic acids is 3. The first-order chi connectivity index (χ1) is 35.5. The van der Waals surface area contributed by atoms with Gasteiger partial charge in [0.25, 0.3) is 0 Å². The molecule has 0 amide bonds. The van der Waals surface area contributed by atoms with Gasteiger partial charge in [0.1, 0.15) is 13.2 Å². The smallest absolute Gasteiger partial charge is 0.306 e. The number of ether oxygens (including phenoxy) is 3. The molecule has 0 saturated carbocycles. The molecule has 0 N–H and O–H groups in total. The third-order valence-corrected chi connectivity index (χ3v) is 13.5. The number of unbranched alkanes of at least 4 members (excludes halogenated alkanes) is 33. The number of hydrogen-bond donors (Lipinski definition) is 0. The molecule has 0 rings (SSSR count). The number of esters is 3. The zero-order valence-electron chi connectivity index (χ0n) is 47.7. The molecule has 0 aliphatic carbocycles. The lowest BCUT2D eigenvalue weighted by Crippen LogP contribution is -2.30. The van der Waals surface area contributed by atoms with E-state index in [1.807, 2.05) is 0 Å². The maximum Gasteiger partial charge on any atom is 0.306 e. The number of rotatable bonds is 56. The van der Waals surface area contributed by atoms with Gasteiger partial charge in [-0.3, -0.25) is 14.4 Å². The molecular weight excluding hydrogens is 889 g/mol. The average molecular weight is 1010 g/mol. The summed E-state index contributed by atoms with van der Waals surface area (Å²) in [6, 6.07) is 0. The van der Waals surface area contributed by atoms with Crippen LogP contribution in [0.5, 0.6) is 0 Å². The molecule has 0 spiro atoms. The second-order valence-electron chi connectivity index (χ2n) is 20.6. The fourth-order valence-electron chi connectivity index (χ4n) is 8.86. The molecule has 0 saturated heterocycles. The van der Waals surface area contributed by atoms with Crippen LogP contribution in [0, 0.1) is 0 Å². The van der Waals surface area contributed by atoms with Crippen molar-refractivity contribution < 1.29 is 28.6 Å². The van der Waals surface area contributed by atoms with Crippen molar-refractivity contribution in [3.63, 3.8) is 0 Å². The van der Waals surface area contributed by atoms with Gasteiger partial charge in [0.15, 0.2) is 6.10 Å². The SMILES string of the molecule is CC/C=C\C/C=C\C/C=C\C/C=C\C/C=C\C/C=C\CCCCCCC(=O)OC(COC(=O)CCCCCCCC)COC(=O)CCCCCCCCCCCCCCCCCCCCCCCCCCC. The first-order valence-electron chi connectivity index (χ1n) is 30.9. The second kappa shape index (κ2) is 60.4. The van der Waals surface area contributed by atoms with E-state index in [9.17, 15) is 14.4 Å². The quantitative estimate of drug-likeness (QED) is 0.0261. The van der Waals surface area contributed by atoms with Crippen molar-refractivity contribution >= 4 is 17.9 Å². The van der Waals surface area contributed by atoms with Crippen LogP contribution < -0.4 is 0 Å². The van der Waals surface area contributed by atoms with E-state index < -0.39 is 6.10 Å². The Morgan fingerprint density at radius 3 is 0.847 bits per heavy atom. The fourth-order valence-corrected chi connectivity index (χ4v) is 8.86. The maximum atomic E-state index is 12.8. The van der Waals surface area contributed by atoms with Crippen molar-refractivity contribution in [2.45, 2.75) is 316 Å². The van der Waals surface area contributed by atoms with Gasteiger partial charge in [-0.2, -0.15) is 0 Å². The molecule has 0 aliphatic heterocycles. The molecule has 0 aromatic carbocycles. The van der Waals surface area contributed by atoms with Gasteiger partial charge in [-0.15, -0.1) is 0 Å².